The van der Waals surface area contributed by atoms with Crippen LogP contribution in [0.4, 0.5) is 0 Å². The highest BCUT2D eigenvalue weighted by Crippen LogP contribution is 2.17. The van der Waals surface area contributed by atoms with Gasteiger partial charge in [-0.15, -0.1) is 0 Å². The summed E-state index contributed by atoms with van der Waals surface area (Å²) >= 11 is 3.56. The second kappa shape index (κ2) is 7.27. The molecule has 3 heteroatoms. The maximum atomic E-state index is 3.56. The molecule has 0 spiro atoms. The van der Waals surface area contributed by atoms with Crippen LogP contribution in [0.2, 0.25) is 0 Å². The molecule has 1 rings (SSSR count). The first-order valence-corrected chi connectivity index (χ1v) is 7.38. The van der Waals surface area contributed by atoms with Gasteiger partial charge >= 0.3 is 0 Å². The van der Waals surface area contributed by atoms with Gasteiger partial charge in [-0.25, -0.2) is 0 Å². The maximum absolute atomic E-state index is 3.56. The fourth-order valence-corrected chi connectivity index (χ4v) is 2.08. The summed E-state index contributed by atoms with van der Waals surface area (Å²) in [5, 5.41) is 6.96. The lowest BCUT2D eigenvalue weighted by atomic mass is 10.1. The average Bonchev–Trinajstić information content (AvgIpc) is 2.26. The molecule has 0 heterocycles. The van der Waals surface area contributed by atoms with Crippen molar-refractivity contribution in [1.82, 2.24) is 10.6 Å². The third kappa shape index (κ3) is 6.53. The van der Waals surface area contributed by atoms with E-state index in [1.54, 1.807) is 0 Å². The highest BCUT2D eigenvalue weighted by molar-refractivity contribution is 9.10. The second-order valence-electron chi connectivity index (χ2n) is 5.79. The standard InChI is InChI=1S/C15H25BrN2/c1-12-6-7-13(10-14(12)16)11-17-8-5-9-18-15(2,3)4/h6-7,10,17-18H,5,8-9,11H2,1-4H3. The van der Waals surface area contributed by atoms with E-state index in [0.717, 1.165) is 26.1 Å². The summed E-state index contributed by atoms with van der Waals surface area (Å²) in [4.78, 5) is 0. The Hall–Kier alpha value is -0.380. The van der Waals surface area contributed by atoms with Crippen LogP contribution < -0.4 is 10.6 Å². The Morgan fingerprint density at radius 1 is 1.17 bits per heavy atom. The number of hydrogen-bond donors (Lipinski definition) is 2. The molecule has 0 saturated carbocycles. The Balaban J connectivity index is 2.16. The minimum atomic E-state index is 0.224. The van der Waals surface area contributed by atoms with Crippen molar-refractivity contribution in [2.45, 2.75) is 46.2 Å². The molecule has 2 N–H and O–H groups in total. The van der Waals surface area contributed by atoms with Crippen molar-refractivity contribution in [3.8, 4) is 0 Å². The highest BCUT2D eigenvalue weighted by atomic mass is 79.9. The molecule has 0 amide bonds. The van der Waals surface area contributed by atoms with E-state index < -0.39 is 0 Å². The number of aryl methyl sites for hydroxylation is 1. The van der Waals surface area contributed by atoms with Crippen LogP contribution >= 0.6 is 15.9 Å². The summed E-state index contributed by atoms with van der Waals surface area (Å²) in [6.07, 6.45) is 1.16. The Labute approximate surface area is 120 Å². The van der Waals surface area contributed by atoms with Crippen LogP contribution in [0.25, 0.3) is 0 Å². The molecular formula is C15H25BrN2. The van der Waals surface area contributed by atoms with Crippen LogP contribution in [0, 0.1) is 6.92 Å². The predicted octanol–water partition coefficient (Wildman–Crippen LogP) is 3.63. The predicted molar refractivity (Wildman–Crippen MR) is 83.0 cm³/mol. The van der Waals surface area contributed by atoms with Crippen molar-refractivity contribution in [2.75, 3.05) is 13.1 Å². The van der Waals surface area contributed by atoms with Crippen molar-refractivity contribution >= 4 is 15.9 Å². The molecule has 0 aliphatic rings. The summed E-state index contributed by atoms with van der Waals surface area (Å²) in [5.74, 6) is 0. The van der Waals surface area contributed by atoms with E-state index in [1.807, 2.05) is 0 Å². The molecule has 0 fully saturated rings. The molecule has 0 saturated heterocycles. The SMILES string of the molecule is Cc1ccc(CNCCCNC(C)(C)C)cc1Br. The molecular weight excluding hydrogens is 288 g/mol. The lowest BCUT2D eigenvalue weighted by molar-refractivity contribution is 0.418. The van der Waals surface area contributed by atoms with Crippen LogP contribution in [-0.4, -0.2) is 18.6 Å². The summed E-state index contributed by atoms with van der Waals surface area (Å²) in [6.45, 7) is 11.8. The van der Waals surface area contributed by atoms with E-state index in [-0.39, 0.29) is 5.54 Å². The minimum Gasteiger partial charge on any atom is -0.313 e. The fraction of sp³-hybridized carbons (Fsp3) is 0.600. The van der Waals surface area contributed by atoms with Crippen molar-refractivity contribution in [3.05, 3.63) is 33.8 Å². The minimum absolute atomic E-state index is 0.224. The fourth-order valence-electron chi connectivity index (χ4n) is 1.66. The summed E-state index contributed by atoms with van der Waals surface area (Å²) in [5.41, 5.74) is 2.84. The number of benzene rings is 1. The Kier molecular flexibility index (Phi) is 6.33. The Bertz CT molecular complexity index is 369. The molecule has 0 atom stereocenters. The third-order valence-corrected chi connectivity index (χ3v) is 3.61. The lowest BCUT2D eigenvalue weighted by Gasteiger charge is -2.20. The third-order valence-electron chi connectivity index (χ3n) is 2.75. The van der Waals surface area contributed by atoms with Gasteiger partial charge in [0.25, 0.3) is 0 Å². The van der Waals surface area contributed by atoms with Crippen molar-refractivity contribution < 1.29 is 0 Å². The van der Waals surface area contributed by atoms with Crippen LogP contribution in [0.5, 0.6) is 0 Å². The van der Waals surface area contributed by atoms with E-state index in [9.17, 15) is 0 Å². The van der Waals surface area contributed by atoms with E-state index in [0.29, 0.717) is 0 Å². The molecule has 0 bridgehead atoms. The number of rotatable bonds is 6. The van der Waals surface area contributed by atoms with Gasteiger partial charge in [0.1, 0.15) is 0 Å². The quantitative estimate of drug-likeness (QED) is 0.784. The first kappa shape index (κ1) is 15.7. The second-order valence-corrected chi connectivity index (χ2v) is 6.64. The summed E-state index contributed by atoms with van der Waals surface area (Å²) < 4.78 is 1.19. The number of halogens is 1. The number of hydrogen-bond acceptors (Lipinski definition) is 2. The number of nitrogens with one attached hydrogen (secondary N) is 2. The van der Waals surface area contributed by atoms with Crippen LogP contribution in [0.15, 0.2) is 22.7 Å². The van der Waals surface area contributed by atoms with Crippen LogP contribution in [-0.2, 0) is 6.54 Å². The largest absolute Gasteiger partial charge is 0.313 e. The molecule has 18 heavy (non-hydrogen) atoms. The molecule has 0 aliphatic heterocycles. The van der Waals surface area contributed by atoms with E-state index in [4.69, 9.17) is 0 Å². The zero-order valence-corrected chi connectivity index (χ0v) is 13.5. The highest BCUT2D eigenvalue weighted by Gasteiger charge is 2.06. The molecule has 102 valence electrons. The first-order chi connectivity index (χ1) is 8.38. The van der Waals surface area contributed by atoms with Gasteiger partial charge in [0.05, 0.1) is 0 Å². The monoisotopic (exact) mass is 312 g/mol. The summed E-state index contributed by atoms with van der Waals surface area (Å²) in [7, 11) is 0. The van der Waals surface area contributed by atoms with E-state index >= 15 is 0 Å². The Morgan fingerprint density at radius 2 is 1.89 bits per heavy atom. The van der Waals surface area contributed by atoms with Gasteiger partial charge in [0.2, 0.25) is 0 Å². The van der Waals surface area contributed by atoms with Gasteiger partial charge in [-0.05, 0) is 64.4 Å². The first-order valence-electron chi connectivity index (χ1n) is 6.59. The molecule has 0 aliphatic carbocycles. The zero-order chi connectivity index (χ0) is 13.6. The molecule has 2 nitrogen and oxygen atoms in total. The van der Waals surface area contributed by atoms with E-state index in [1.165, 1.54) is 15.6 Å². The normalized spacial score (nSPS) is 11.8. The van der Waals surface area contributed by atoms with Gasteiger partial charge in [-0.1, -0.05) is 28.1 Å². The zero-order valence-electron chi connectivity index (χ0n) is 11.9. The smallest absolute Gasteiger partial charge is 0.0207 e. The molecule has 0 unspecified atom stereocenters. The maximum Gasteiger partial charge on any atom is 0.0207 e. The van der Waals surface area contributed by atoms with Gasteiger partial charge in [0, 0.05) is 16.6 Å². The van der Waals surface area contributed by atoms with Gasteiger partial charge in [-0.2, -0.15) is 0 Å². The van der Waals surface area contributed by atoms with Crippen molar-refractivity contribution in [2.24, 2.45) is 0 Å². The summed E-state index contributed by atoms with van der Waals surface area (Å²) in [6, 6.07) is 6.53. The molecule has 1 aromatic carbocycles. The van der Waals surface area contributed by atoms with Crippen molar-refractivity contribution in [3.63, 3.8) is 0 Å². The lowest BCUT2D eigenvalue weighted by Crippen LogP contribution is -2.37. The Morgan fingerprint density at radius 3 is 2.50 bits per heavy atom. The molecule has 0 radical (unpaired) electrons. The van der Waals surface area contributed by atoms with Gasteiger partial charge < -0.3 is 10.6 Å². The average molecular weight is 313 g/mol. The topological polar surface area (TPSA) is 24.1 Å². The van der Waals surface area contributed by atoms with Crippen molar-refractivity contribution in [1.29, 1.82) is 0 Å². The van der Waals surface area contributed by atoms with Gasteiger partial charge in [0.15, 0.2) is 0 Å². The molecule has 1 aromatic rings. The van der Waals surface area contributed by atoms with Gasteiger partial charge in [-0.3, -0.25) is 0 Å². The van der Waals surface area contributed by atoms with Crippen LogP contribution in [0.1, 0.15) is 38.3 Å². The van der Waals surface area contributed by atoms with Crippen LogP contribution in [0.3, 0.4) is 0 Å². The molecule has 0 aromatic heterocycles. The van der Waals surface area contributed by atoms with E-state index in [2.05, 4.69) is 72.5 Å².